The van der Waals surface area contributed by atoms with Gasteiger partial charge in [-0.15, -0.1) is 24.0 Å². The molecule has 154 valence electrons. The largest absolute Gasteiger partial charge is 0.378 e. The first kappa shape index (κ1) is 23.9. The van der Waals surface area contributed by atoms with Gasteiger partial charge >= 0.3 is 0 Å². The number of halogens is 1. The summed E-state index contributed by atoms with van der Waals surface area (Å²) in [5.41, 5.74) is 1.10. The fourth-order valence-electron chi connectivity index (χ4n) is 3.13. The molecule has 2 N–H and O–H groups in total. The highest BCUT2D eigenvalue weighted by Gasteiger charge is 2.49. The summed E-state index contributed by atoms with van der Waals surface area (Å²) in [5, 5.41) is 6.92. The van der Waals surface area contributed by atoms with Gasteiger partial charge in [0.25, 0.3) is 0 Å². The number of unbranched alkanes of at least 4 members (excludes halogenated alkanes) is 1. The SMILES string of the molecule is CCCCOC1CC(NC(=NC)NCc2cccc(N(C)C)n2)C1(C)C.I. The van der Waals surface area contributed by atoms with Gasteiger partial charge in [0.1, 0.15) is 5.82 Å². The monoisotopic (exact) mass is 489 g/mol. The van der Waals surface area contributed by atoms with E-state index in [1.165, 1.54) is 6.42 Å². The van der Waals surface area contributed by atoms with Crippen molar-refractivity contribution in [1.82, 2.24) is 15.6 Å². The second-order valence-electron chi connectivity index (χ2n) is 7.77. The Morgan fingerprint density at radius 3 is 2.70 bits per heavy atom. The van der Waals surface area contributed by atoms with Crippen LogP contribution < -0.4 is 15.5 Å². The number of rotatable bonds is 8. The lowest BCUT2D eigenvalue weighted by Gasteiger charge is -2.52. The summed E-state index contributed by atoms with van der Waals surface area (Å²) in [4.78, 5) is 11.0. The smallest absolute Gasteiger partial charge is 0.191 e. The van der Waals surface area contributed by atoms with Crippen molar-refractivity contribution < 1.29 is 4.74 Å². The Morgan fingerprint density at radius 1 is 1.37 bits per heavy atom. The molecule has 0 aromatic carbocycles. The highest BCUT2D eigenvalue weighted by molar-refractivity contribution is 14.0. The average Bonchev–Trinajstić information content (AvgIpc) is 2.63. The first-order chi connectivity index (χ1) is 12.4. The van der Waals surface area contributed by atoms with Gasteiger partial charge in [-0.25, -0.2) is 4.98 Å². The molecule has 0 radical (unpaired) electrons. The number of hydrogen-bond acceptors (Lipinski definition) is 4. The fraction of sp³-hybridized carbons (Fsp3) is 0.700. The number of aromatic nitrogens is 1. The molecule has 1 heterocycles. The highest BCUT2D eigenvalue weighted by atomic mass is 127. The average molecular weight is 489 g/mol. The molecule has 2 atom stereocenters. The Hall–Kier alpha value is -1.09. The normalized spacial score (nSPS) is 21.0. The number of aliphatic imine (C=N–C) groups is 1. The van der Waals surface area contributed by atoms with Gasteiger partial charge in [0.15, 0.2) is 5.96 Å². The summed E-state index contributed by atoms with van der Waals surface area (Å²) in [7, 11) is 5.80. The van der Waals surface area contributed by atoms with Gasteiger partial charge in [0.2, 0.25) is 0 Å². The van der Waals surface area contributed by atoms with Crippen LogP contribution in [0.4, 0.5) is 5.82 Å². The molecule has 0 aliphatic heterocycles. The number of guanidine groups is 1. The van der Waals surface area contributed by atoms with E-state index in [9.17, 15) is 0 Å². The maximum Gasteiger partial charge on any atom is 0.191 e. The van der Waals surface area contributed by atoms with E-state index in [1.807, 2.05) is 37.2 Å². The van der Waals surface area contributed by atoms with Crippen molar-refractivity contribution >= 4 is 35.8 Å². The molecule has 0 bridgehead atoms. The first-order valence-electron chi connectivity index (χ1n) is 9.60. The Balaban J connectivity index is 0.00000364. The molecular weight excluding hydrogens is 453 g/mol. The molecule has 6 nitrogen and oxygen atoms in total. The van der Waals surface area contributed by atoms with Crippen molar-refractivity contribution in [2.24, 2.45) is 10.4 Å². The predicted octanol–water partition coefficient (Wildman–Crippen LogP) is 3.41. The van der Waals surface area contributed by atoms with E-state index in [1.54, 1.807) is 7.05 Å². The van der Waals surface area contributed by atoms with Crippen molar-refractivity contribution in [2.75, 3.05) is 32.6 Å². The molecule has 1 aliphatic carbocycles. The third-order valence-corrected chi connectivity index (χ3v) is 5.22. The Labute approximate surface area is 181 Å². The first-order valence-corrected chi connectivity index (χ1v) is 9.60. The molecule has 1 aliphatic rings. The van der Waals surface area contributed by atoms with Crippen molar-refractivity contribution in [3.8, 4) is 0 Å². The molecule has 7 heteroatoms. The Bertz CT molecular complexity index is 606. The molecule has 0 spiro atoms. The van der Waals surface area contributed by atoms with Crippen LogP contribution in [0.1, 0.15) is 45.7 Å². The van der Waals surface area contributed by atoms with E-state index in [0.29, 0.717) is 18.7 Å². The standard InChI is InChI=1S/C20H35N5O.HI/c1-7-8-12-26-17-13-16(20(17,2)3)24-19(21-4)22-14-15-10-9-11-18(23-15)25(5)6;/h9-11,16-17H,7-8,12-14H2,1-6H3,(H2,21,22,24);1H. The lowest BCUT2D eigenvalue weighted by molar-refractivity contribution is -0.113. The summed E-state index contributed by atoms with van der Waals surface area (Å²) in [5.74, 6) is 1.77. The third-order valence-electron chi connectivity index (χ3n) is 5.22. The van der Waals surface area contributed by atoms with Gasteiger partial charge in [0.05, 0.1) is 18.3 Å². The van der Waals surface area contributed by atoms with Crippen molar-refractivity contribution in [3.05, 3.63) is 23.9 Å². The third kappa shape index (κ3) is 6.48. The van der Waals surface area contributed by atoms with Crippen LogP contribution in [-0.2, 0) is 11.3 Å². The number of pyridine rings is 1. The Morgan fingerprint density at radius 2 is 2.11 bits per heavy atom. The molecule has 1 fully saturated rings. The molecule has 0 saturated heterocycles. The fourth-order valence-corrected chi connectivity index (χ4v) is 3.13. The molecule has 2 unspecified atom stereocenters. The van der Waals surface area contributed by atoms with Crippen molar-refractivity contribution in [1.29, 1.82) is 0 Å². The minimum atomic E-state index is 0. The maximum absolute atomic E-state index is 6.03. The number of nitrogens with zero attached hydrogens (tertiary/aromatic N) is 3. The van der Waals surface area contributed by atoms with Gasteiger partial charge in [0, 0.05) is 39.2 Å². The van der Waals surface area contributed by atoms with E-state index in [0.717, 1.165) is 36.9 Å². The second-order valence-corrected chi connectivity index (χ2v) is 7.77. The topological polar surface area (TPSA) is 61.8 Å². The molecule has 1 saturated carbocycles. The summed E-state index contributed by atoms with van der Waals surface area (Å²) < 4.78 is 6.03. The van der Waals surface area contributed by atoms with E-state index < -0.39 is 0 Å². The van der Waals surface area contributed by atoms with Gasteiger partial charge in [-0.3, -0.25) is 4.99 Å². The molecular formula is C20H36IN5O. The molecule has 1 aromatic heterocycles. The van der Waals surface area contributed by atoms with E-state index in [4.69, 9.17) is 4.74 Å². The number of anilines is 1. The van der Waals surface area contributed by atoms with Crippen molar-refractivity contribution in [3.63, 3.8) is 0 Å². The number of ether oxygens (including phenoxy) is 1. The van der Waals surface area contributed by atoms with E-state index in [-0.39, 0.29) is 29.4 Å². The lowest BCUT2D eigenvalue weighted by Crippen LogP contribution is -2.63. The van der Waals surface area contributed by atoms with Gasteiger partial charge in [-0.05, 0) is 25.0 Å². The molecule has 1 aromatic rings. The van der Waals surface area contributed by atoms with E-state index in [2.05, 4.69) is 41.4 Å². The van der Waals surface area contributed by atoms with Crippen LogP contribution in [0.3, 0.4) is 0 Å². The van der Waals surface area contributed by atoms with Gasteiger partial charge in [-0.1, -0.05) is 33.3 Å². The quantitative estimate of drug-likeness (QED) is 0.254. The lowest BCUT2D eigenvalue weighted by atomic mass is 9.64. The minimum absolute atomic E-state index is 0. The number of nitrogens with one attached hydrogen (secondary N) is 2. The second kappa shape index (κ2) is 11.0. The van der Waals surface area contributed by atoms with Crippen LogP contribution >= 0.6 is 24.0 Å². The predicted molar refractivity (Wildman–Crippen MR) is 124 cm³/mol. The summed E-state index contributed by atoms with van der Waals surface area (Å²) in [6, 6.07) is 6.43. The summed E-state index contributed by atoms with van der Waals surface area (Å²) in [6.07, 6.45) is 3.65. The van der Waals surface area contributed by atoms with Crippen LogP contribution in [0.2, 0.25) is 0 Å². The summed E-state index contributed by atoms with van der Waals surface area (Å²) in [6.45, 7) is 8.22. The maximum atomic E-state index is 6.03. The van der Waals surface area contributed by atoms with Crippen LogP contribution in [0, 0.1) is 5.41 Å². The zero-order chi connectivity index (χ0) is 19.2. The number of hydrogen-bond donors (Lipinski definition) is 2. The molecule has 2 rings (SSSR count). The zero-order valence-corrected chi connectivity index (χ0v) is 19.9. The Kier molecular flexibility index (Phi) is 9.80. The molecule has 27 heavy (non-hydrogen) atoms. The van der Waals surface area contributed by atoms with Crippen LogP contribution in [0.15, 0.2) is 23.2 Å². The molecule has 0 amide bonds. The summed E-state index contributed by atoms with van der Waals surface area (Å²) >= 11 is 0. The van der Waals surface area contributed by atoms with Crippen LogP contribution in [-0.4, -0.2) is 50.8 Å². The van der Waals surface area contributed by atoms with Crippen LogP contribution in [0.25, 0.3) is 0 Å². The zero-order valence-electron chi connectivity index (χ0n) is 17.6. The van der Waals surface area contributed by atoms with Crippen molar-refractivity contribution in [2.45, 2.75) is 58.7 Å². The van der Waals surface area contributed by atoms with Gasteiger partial charge in [-0.2, -0.15) is 0 Å². The van der Waals surface area contributed by atoms with Gasteiger partial charge < -0.3 is 20.3 Å². The minimum Gasteiger partial charge on any atom is -0.378 e. The van der Waals surface area contributed by atoms with Crippen LogP contribution in [0.5, 0.6) is 0 Å². The highest BCUT2D eigenvalue weighted by Crippen LogP contribution is 2.42. The van der Waals surface area contributed by atoms with E-state index >= 15 is 0 Å².